The topological polar surface area (TPSA) is 89.9 Å². The maximum atomic E-state index is 12.2. The minimum absolute atomic E-state index is 0.00721. The number of nitrogens with zero attached hydrogens (tertiary/aromatic N) is 5. The molecule has 20 heavy (non-hydrogen) atoms. The van der Waals surface area contributed by atoms with Gasteiger partial charge in [0.25, 0.3) is 0 Å². The van der Waals surface area contributed by atoms with E-state index in [-0.39, 0.29) is 24.4 Å². The first-order valence-electron chi connectivity index (χ1n) is 6.02. The van der Waals surface area contributed by atoms with Crippen LogP contribution < -0.4 is 5.73 Å². The van der Waals surface area contributed by atoms with Crippen molar-refractivity contribution in [3.05, 3.63) is 34.9 Å². The Balaban J connectivity index is 2.06. The number of aromatic nitrogens is 4. The standard InChI is InChI=1S/C12H15ClN6O/c1-8(9-3-5-10(13)6-4-9)18(2)11(20)7-19-12(14)15-16-17-19/h3-6,8H,7H2,1-2H3,(H2,14,15,17). The molecule has 1 heterocycles. The number of nitrogens with two attached hydrogens (primary N) is 1. The van der Waals surface area contributed by atoms with Gasteiger partial charge < -0.3 is 10.6 Å². The number of carbonyl (C=O) groups excluding carboxylic acids is 1. The number of likely N-dealkylation sites (N-methyl/N-ethyl adjacent to an activating group) is 1. The third-order valence-electron chi connectivity index (χ3n) is 3.17. The lowest BCUT2D eigenvalue weighted by Gasteiger charge is -2.25. The van der Waals surface area contributed by atoms with Crippen molar-refractivity contribution in [3.63, 3.8) is 0 Å². The van der Waals surface area contributed by atoms with Gasteiger partial charge in [-0.05, 0) is 35.0 Å². The minimum Gasteiger partial charge on any atom is -0.367 e. The number of anilines is 1. The van der Waals surface area contributed by atoms with Gasteiger partial charge in [-0.15, -0.1) is 0 Å². The molecule has 1 aromatic carbocycles. The third kappa shape index (κ3) is 3.05. The number of hydrogen-bond acceptors (Lipinski definition) is 5. The van der Waals surface area contributed by atoms with Crippen LogP contribution in [-0.4, -0.2) is 38.1 Å². The molecule has 106 valence electrons. The summed E-state index contributed by atoms with van der Waals surface area (Å²) in [6, 6.07) is 7.29. The monoisotopic (exact) mass is 294 g/mol. The van der Waals surface area contributed by atoms with Crippen LogP contribution in [0.4, 0.5) is 5.95 Å². The lowest BCUT2D eigenvalue weighted by Crippen LogP contribution is -2.33. The van der Waals surface area contributed by atoms with E-state index in [4.69, 9.17) is 17.3 Å². The van der Waals surface area contributed by atoms with Crippen molar-refractivity contribution in [2.24, 2.45) is 0 Å². The van der Waals surface area contributed by atoms with Crippen LogP contribution in [0.5, 0.6) is 0 Å². The van der Waals surface area contributed by atoms with Crippen LogP contribution in [0.15, 0.2) is 24.3 Å². The number of tetrazole rings is 1. The zero-order valence-corrected chi connectivity index (χ0v) is 11.9. The van der Waals surface area contributed by atoms with Crippen LogP contribution in [0.25, 0.3) is 0 Å². The fourth-order valence-electron chi connectivity index (χ4n) is 1.74. The maximum Gasteiger partial charge on any atom is 0.244 e. The quantitative estimate of drug-likeness (QED) is 0.913. The van der Waals surface area contributed by atoms with Crippen molar-refractivity contribution in [2.45, 2.75) is 19.5 Å². The first-order chi connectivity index (χ1) is 9.49. The second kappa shape index (κ2) is 5.87. The van der Waals surface area contributed by atoms with E-state index in [2.05, 4.69) is 15.5 Å². The molecule has 0 spiro atoms. The van der Waals surface area contributed by atoms with Gasteiger partial charge in [0.05, 0.1) is 6.04 Å². The lowest BCUT2D eigenvalue weighted by atomic mass is 10.1. The number of benzene rings is 1. The summed E-state index contributed by atoms with van der Waals surface area (Å²) in [6.07, 6.45) is 0. The summed E-state index contributed by atoms with van der Waals surface area (Å²) in [5, 5.41) is 11.2. The Hall–Kier alpha value is -2.15. The predicted octanol–water partition coefficient (Wildman–Crippen LogP) is 1.13. The first-order valence-corrected chi connectivity index (χ1v) is 6.39. The van der Waals surface area contributed by atoms with E-state index < -0.39 is 0 Å². The Bertz CT molecular complexity index is 596. The fraction of sp³-hybridized carbons (Fsp3) is 0.333. The Morgan fingerprint density at radius 2 is 2.10 bits per heavy atom. The molecule has 1 unspecified atom stereocenters. The summed E-state index contributed by atoms with van der Waals surface area (Å²) in [6.45, 7) is 1.94. The molecule has 7 nitrogen and oxygen atoms in total. The van der Waals surface area contributed by atoms with Crippen molar-refractivity contribution in [3.8, 4) is 0 Å². The Kier molecular flexibility index (Phi) is 4.19. The molecule has 1 amide bonds. The van der Waals surface area contributed by atoms with Gasteiger partial charge in [-0.25, -0.2) is 4.68 Å². The average molecular weight is 295 g/mol. The van der Waals surface area contributed by atoms with Crippen LogP contribution in [0.3, 0.4) is 0 Å². The van der Waals surface area contributed by atoms with Crippen molar-refractivity contribution in [2.75, 3.05) is 12.8 Å². The molecule has 0 saturated heterocycles. The van der Waals surface area contributed by atoms with Gasteiger partial charge in [0.2, 0.25) is 11.9 Å². The maximum absolute atomic E-state index is 12.2. The number of carbonyl (C=O) groups is 1. The predicted molar refractivity (Wildman–Crippen MR) is 74.9 cm³/mol. The third-order valence-corrected chi connectivity index (χ3v) is 3.42. The molecule has 0 saturated carbocycles. The van der Waals surface area contributed by atoms with E-state index in [1.807, 2.05) is 19.1 Å². The summed E-state index contributed by atoms with van der Waals surface area (Å²) in [4.78, 5) is 13.8. The number of amides is 1. The molecule has 0 aliphatic carbocycles. The molecule has 1 atom stereocenters. The van der Waals surface area contributed by atoms with Crippen LogP contribution in [0.1, 0.15) is 18.5 Å². The molecule has 0 bridgehead atoms. The molecule has 1 aromatic heterocycles. The second-order valence-electron chi connectivity index (χ2n) is 4.43. The molecule has 2 N–H and O–H groups in total. The van der Waals surface area contributed by atoms with Gasteiger partial charge in [0.1, 0.15) is 6.54 Å². The lowest BCUT2D eigenvalue weighted by molar-refractivity contribution is -0.132. The molecular formula is C12H15ClN6O. The molecule has 8 heteroatoms. The highest BCUT2D eigenvalue weighted by atomic mass is 35.5. The van der Waals surface area contributed by atoms with E-state index in [0.717, 1.165) is 5.56 Å². The van der Waals surface area contributed by atoms with Crippen molar-refractivity contribution < 1.29 is 4.79 Å². The molecule has 2 aromatic rings. The summed E-state index contributed by atoms with van der Waals surface area (Å²) < 4.78 is 1.26. The Labute approximate surface area is 121 Å². The highest BCUT2D eigenvalue weighted by Crippen LogP contribution is 2.21. The zero-order valence-electron chi connectivity index (χ0n) is 11.2. The van der Waals surface area contributed by atoms with Crippen LogP contribution >= 0.6 is 11.6 Å². The highest BCUT2D eigenvalue weighted by Gasteiger charge is 2.19. The Morgan fingerprint density at radius 3 is 2.65 bits per heavy atom. The van der Waals surface area contributed by atoms with E-state index in [1.165, 1.54) is 4.68 Å². The number of halogens is 1. The van der Waals surface area contributed by atoms with Gasteiger partial charge in [0, 0.05) is 12.1 Å². The number of rotatable bonds is 4. The van der Waals surface area contributed by atoms with Crippen molar-refractivity contribution in [1.82, 2.24) is 25.1 Å². The Morgan fingerprint density at radius 1 is 1.45 bits per heavy atom. The minimum atomic E-state index is -0.133. The number of nitrogen functional groups attached to an aromatic ring is 1. The summed E-state index contributed by atoms with van der Waals surface area (Å²) in [5.41, 5.74) is 6.53. The normalized spacial score (nSPS) is 12.2. The summed E-state index contributed by atoms with van der Waals surface area (Å²) in [7, 11) is 1.72. The van der Waals surface area contributed by atoms with Crippen molar-refractivity contribution in [1.29, 1.82) is 0 Å². The molecule has 0 aliphatic rings. The molecular weight excluding hydrogens is 280 g/mol. The van der Waals surface area contributed by atoms with Crippen molar-refractivity contribution >= 4 is 23.5 Å². The molecule has 0 radical (unpaired) electrons. The van der Waals surface area contributed by atoms with E-state index in [0.29, 0.717) is 5.02 Å². The van der Waals surface area contributed by atoms with Gasteiger partial charge in [0.15, 0.2) is 0 Å². The van der Waals surface area contributed by atoms with E-state index in [9.17, 15) is 4.79 Å². The summed E-state index contributed by atoms with van der Waals surface area (Å²) >= 11 is 5.85. The highest BCUT2D eigenvalue weighted by molar-refractivity contribution is 6.30. The van der Waals surface area contributed by atoms with Gasteiger partial charge in [-0.3, -0.25) is 4.79 Å². The average Bonchev–Trinajstić information content (AvgIpc) is 2.83. The van der Waals surface area contributed by atoms with Gasteiger partial charge >= 0.3 is 0 Å². The molecule has 0 fully saturated rings. The van der Waals surface area contributed by atoms with Gasteiger partial charge in [-0.2, -0.15) is 0 Å². The zero-order chi connectivity index (χ0) is 14.7. The van der Waals surface area contributed by atoms with Crippen LogP contribution in [0, 0.1) is 0 Å². The smallest absolute Gasteiger partial charge is 0.244 e. The van der Waals surface area contributed by atoms with Crippen LogP contribution in [0.2, 0.25) is 5.02 Å². The van der Waals surface area contributed by atoms with E-state index >= 15 is 0 Å². The van der Waals surface area contributed by atoms with Gasteiger partial charge in [-0.1, -0.05) is 28.8 Å². The van der Waals surface area contributed by atoms with E-state index in [1.54, 1.807) is 24.1 Å². The fourth-order valence-corrected chi connectivity index (χ4v) is 1.87. The largest absolute Gasteiger partial charge is 0.367 e. The molecule has 0 aliphatic heterocycles. The SMILES string of the molecule is CC(c1ccc(Cl)cc1)N(C)C(=O)Cn1nnnc1N. The summed E-state index contributed by atoms with van der Waals surface area (Å²) in [5.74, 6) is -0.0163. The van der Waals surface area contributed by atoms with Crippen LogP contribution in [-0.2, 0) is 11.3 Å². The number of hydrogen-bond donors (Lipinski definition) is 1. The second-order valence-corrected chi connectivity index (χ2v) is 4.86. The first kappa shape index (κ1) is 14.3. The molecule has 2 rings (SSSR count).